The lowest BCUT2D eigenvalue weighted by Crippen LogP contribution is -2.22. The predicted octanol–water partition coefficient (Wildman–Crippen LogP) is 0.791. The van der Waals surface area contributed by atoms with Crippen LogP contribution in [0.5, 0.6) is 0 Å². The van der Waals surface area contributed by atoms with Crippen molar-refractivity contribution in [1.82, 2.24) is 9.97 Å². The van der Waals surface area contributed by atoms with Crippen molar-refractivity contribution in [3.8, 4) is 0 Å². The molecule has 1 fully saturated rings. The van der Waals surface area contributed by atoms with Gasteiger partial charge < -0.3 is 15.1 Å². The highest BCUT2D eigenvalue weighted by molar-refractivity contribution is 7.80. The second kappa shape index (κ2) is 6.36. The lowest BCUT2D eigenvalue weighted by atomic mass is 10.1. The zero-order valence-electron chi connectivity index (χ0n) is 10.2. The number of rotatable bonds is 5. The van der Waals surface area contributed by atoms with Crippen molar-refractivity contribution in [3.05, 3.63) is 18.0 Å². The lowest BCUT2D eigenvalue weighted by molar-refractivity contribution is 0.0168. The number of thiol groups is 1. The van der Waals surface area contributed by atoms with Crippen LogP contribution in [0.2, 0.25) is 0 Å². The number of aliphatic hydroxyl groups excluding tert-OH is 2. The number of anilines is 1. The van der Waals surface area contributed by atoms with Gasteiger partial charge in [-0.15, -0.1) is 0 Å². The minimum Gasteiger partial charge on any atom is -0.390 e. The molecule has 0 spiro atoms. The Morgan fingerprint density at radius 1 is 1.22 bits per heavy atom. The highest BCUT2D eigenvalue weighted by Crippen LogP contribution is 2.20. The van der Waals surface area contributed by atoms with Crippen LogP contribution in [0.25, 0.3) is 0 Å². The van der Waals surface area contributed by atoms with E-state index in [0.29, 0.717) is 23.7 Å². The van der Waals surface area contributed by atoms with Crippen LogP contribution in [0.1, 0.15) is 30.9 Å². The highest BCUT2D eigenvalue weighted by Gasteiger charge is 2.20. The van der Waals surface area contributed by atoms with Gasteiger partial charge in [0.05, 0.1) is 6.10 Å². The second-order valence-corrected chi connectivity index (χ2v) is 4.98. The zero-order chi connectivity index (χ0) is 13.0. The normalized spacial score (nSPS) is 18.9. The molecule has 2 heterocycles. The first-order valence-electron chi connectivity index (χ1n) is 6.26. The highest BCUT2D eigenvalue weighted by atomic mass is 32.1. The zero-order valence-corrected chi connectivity index (χ0v) is 11.1. The summed E-state index contributed by atoms with van der Waals surface area (Å²) in [6.45, 7) is 1.98. The molecule has 0 bridgehead atoms. The van der Waals surface area contributed by atoms with Gasteiger partial charge in [-0.1, -0.05) is 0 Å². The molecule has 1 aliphatic heterocycles. The molecule has 6 heteroatoms. The van der Waals surface area contributed by atoms with Crippen molar-refractivity contribution in [2.45, 2.75) is 31.5 Å². The monoisotopic (exact) mass is 269 g/mol. The SMILES string of the molecule is OC(CCS)C(O)c1cnc(N2CCCC2)nc1. The molecule has 5 nitrogen and oxygen atoms in total. The number of hydrogen-bond donors (Lipinski definition) is 3. The maximum absolute atomic E-state index is 9.90. The van der Waals surface area contributed by atoms with Gasteiger partial charge in [-0.25, -0.2) is 9.97 Å². The van der Waals surface area contributed by atoms with E-state index in [1.807, 2.05) is 0 Å². The first-order chi connectivity index (χ1) is 8.72. The molecule has 18 heavy (non-hydrogen) atoms. The largest absolute Gasteiger partial charge is 0.390 e. The van der Waals surface area contributed by atoms with Gasteiger partial charge in [0.15, 0.2) is 0 Å². The Bertz CT molecular complexity index is 368. The Kier molecular flexibility index (Phi) is 4.79. The molecule has 1 saturated heterocycles. The van der Waals surface area contributed by atoms with Crippen LogP contribution >= 0.6 is 12.6 Å². The van der Waals surface area contributed by atoms with Gasteiger partial charge in [0.25, 0.3) is 0 Å². The Balaban J connectivity index is 2.02. The predicted molar refractivity (Wildman–Crippen MR) is 72.9 cm³/mol. The molecular formula is C12H19N3O2S. The van der Waals surface area contributed by atoms with Crippen molar-refractivity contribution >= 4 is 18.6 Å². The summed E-state index contributed by atoms with van der Waals surface area (Å²) < 4.78 is 0. The van der Waals surface area contributed by atoms with Crippen LogP contribution in [0.3, 0.4) is 0 Å². The van der Waals surface area contributed by atoms with E-state index >= 15 is 0 Å². The van der Waals surface area contributed by atoms with Crippen molar-refractivity contribution in [2.75, 3.05) is 23.7 Å². The molecule has 2 atom stereocenters. The standard InChI is InChI=1S/C12H19N3O2S/c16-10(3-6-18)11(17)9-7-13-12(14-8-9)15-4-1-2-5-15/h7-8,10-11,16-18H,1-6H2. The van der Waals surface area contributed by atoms with E-state index in [0.717, 1.165) is 13.1 Å². The fraction of sp³-hybridized carbons (Fsp3) is 0.667. The Labute approximate surface area is 112 Å². The van der Waals surface area contributed by atoms with Crippen LogP contribution in [0, 0.1) is 0 Å². The summed E-state index contributed by atoms with van der Waals surface area (Å²) in [6, 6.07) is 0. The third-order valence-electron chi connectivity index (χ3n) is 3.18. The molecular weight excluding hydrogens is 250 g/mol. The van der Waals surface area contributed by atoms with Crippen molar-refractivity contribution < 1.29 is 10.2 Å². The molecule has 2 N–H and O–H groups in total. The van der Waals surface area contributed by atoms with Gasteiger partial charge in [0.1, 0.15) is 6.10 Å². The summed E-state index contributed by atoms with van der Waals surface area (Å²) in [5.41, 5.74) is 0.548. The molecule has 0 radical (unpaired) electrons. The third-order valence-corrected chi connectivity index (χ3v) is 3.44. The van der Waals surface area contributed by atoms with Crippen LogP contribution in [-0.4, -0.2) is 45.1 Å². The molecule has 2 unspecified atom stereocenters. The Morgan fingerprint density at radius 2 is 1.83 bits per heavy atom. The fourth-order valence-corrected chi connectivity index (χ4v) is 2.34. The summed E-state index contributed by atoms with van der Waals surface area (Å²) >= 11 is 4.03. The number of nitrogens with zero attached hydrogens (tertiary/aromatic N) is 3. The van der Waals surface area contributed by atoms with Gasteiger partial charge in [0, 0.05) is 31.0 Å². The molecule has 1 aliphatic rings. The first-order valence-corrected chi connectivity index (χ1v) is 6.89. The molecule has 0 aliphatic carbocycles. The average Bonchev–Trinajstić information content (AvgIpc) is 2.92. The van der Waals surface area contributed by atoms with E-state index in [1.54, 1.807) is 12.4 Å². The summed E-state index contributed by atoms with van der Waals surface area (Å²) in [5.74, 6) is 1.23. The van der Waals surface area contributed by atoms with Gasteiger partial charge in [-0.05, 0) is 25.0 Å². The average molecular weight is 269 g/mol. The number of aliphatic hydroxyl groups is 2. The molecule has 0 saturated carbocycles. The smallest absolute Gasteiger partial charge is 0.225 e. The number of hydrogen-bond acceptors (Lipinski definition) is 6. The molecule has 1 aromatic heterocycles. The molecule has 0 amide bonds. The van der Waals surface area contributed by atoms with Gasteiger partial charge in [-0.3, -0.25) is 0 Å². The molecule has 100 valence electrons. The maximum atomic E-state index is 9.90. The van der Waals surface area contributed by atoms with Gasteiger partial charge >= 0.3 is 0 Å². The molecule has 1 aromatic rings. The first kappa shape index (κ1) is 13.6. The van der Waals surface area contributed by atoms with E-state index < -0.39 is 12.2 Å². The van der Waals surface area contributed by atoms with Crippen molar-refractivity contribution in [3.63, 3.8) is 0 Å². The van der Waals surface area contributed by atoms with E-state index in [1.165, 1.54) is 12.8 Å². The Morgan fingerprint density at radius 3 is 2.39 bits per heavy atom. The van der Waals surface area contributed by atoms with Crippen LogP contribution < -0.4 is 4.90 Å². The van der Waals surface area contributed by atoms with Crippen LogP contribution in [0.15, 0.2) is 12.4 Å². The van der Waals surface area contributed by atoms with Crippen LogP contribution in [0.4, 0.5) is 5.95 Å². The minimum absolute atomic E-state index is 0.443. The molecule has 0 aromatic carbocycles. The summed E-state index contributed by atoms with van der Waals surface area (Å²) in [5, 5.41) is 19.6. The maximum Gasteiger partial charge on any atom is 0.225 e. The second-order valence-electron chi connectivity index (χ2n) is 4.54. The lowest BCUT2D eigenvalue weighted by Gasteiger charge is -2.18. The minimum atomic E-state index is -0.940. The summed E-state index contributed by atoms with van der Waals surface area (Å²) in [4.78, 5) is 10.6. The Hall–Kier alpha value is -0.850. The topological polar surface area (TPSA) is 69.5 Å². The van der Waals surface area contributed by atoms with Gasteiger partial charge in [0.2, 0.25) is 5.95 Å². The van der Waals surface area contributed by atoms with Gasteiger partial charge in [-0.2, -0.15) is 12.6 Å². The summed E-state index contributed by atoms with van der Waals surface area (Å²) in [6.07, 6.45) is 4.22. The van der Waals surface area contributed by atoms with E-state index in [4.69, 9.17) is 0 Å². The third kappa shape index (κ3) is 3.13. The van der Waals surface area contributed by atoms with E-state index in [2.05, 4.69) is 27.5 Å². The van der Waals surface area contributed by atoms with Crippen LogP contribution in [-0.2, 0) is 0 Å². The quantitative estimate of drug-likeness (QED) is 0.690. The number of aromatic nitrogens is 2. The fourth-order valence-electron chi connectivity index (χ4n) is 2.08. The van der Waals surface area contributed by atoms with Crippen molar-refractivity contribution in [2.24, 2.45) is 0 Å². The molecule has 2 rings (SSSR count). The van der Waals surface area contributed by atoms with E-state index in [-0.39, 0.29) is 0 Å². The van der Waals surface area contributed by atoms with E-state index in [9.17, 15) is 10.2 Å². The van der Waals surface area contributed by atoms with Crippen molar-refractivity contribution in [1.29, 1.82) is 0 Å². The summed E-state index contributed by atoms with van der Waals surface area (Å²) in [7, 11) is 0.